The number of carbonyl (C=O) groups excluding carboxylic acids is 1. The van der Waals surface area contributed by atoms with Gasteiger partial charge in [0.1, 0.15) is 5.78 Å². The Labute approximate surface area is 59.3 Å². The lowest BCUT2D eigenvalue weighted by Crippen LogP contribution is -1.95. The molecule has 0 aromatic rings. The lowest BCUT2D eigenvalue weighted by atomic mass is 10.2. The Morgan fingerprint density at radius 2 is 1.67 bits per heavy atom. The topological polar surface area (TPSA) is 41.8 Å². The number of halogens is 1. The van der Waals surface area contributed by atoms with Crippen molar-refractivity contribution in [2.45, 2.75) is 12.8 Å². The minimum atomic E-state index is 0. The Morgan fingerprint density at radius 3 is 2.11 bits per heavy atom. The van der Waals surface area contributed by atoms with Crippen LogP contribution in [0.25, 0.3) is 0 Å². The fourth-order valence-electron chi connectivity index (χ4n) is 0.463. The van der Waals surface area contributed by atoms with E-state index in [0.29, 0.717) is 12.8 Å². The fraction of sp³-hybridized carbons (Fsp3) is 0.400. The van der Waals surface area contributed by atoms with E-state index < -0.39 is 0 Å². The Hall–Kier alpha value is -0.700. The molecular weight excluding hydrogens is 140 g/mol. The van der Waals surface area contributed by atoms with Crippen molar-refractivity contribution in [2.24, 2.45) is 10.2 Å². The van der Waals surface area contributed by atoms with E-state index in [1.165, 1.54) is 12.4 Å². The molecule has 3 nitrogen and oxygen atoms in total. The van der Waals surface area contributed by atoms with Crippen LogP contribution < -0.4 is 0 Å². The number of hydrogen-bond acceptors (Lipinski definition) is 3. The monoisotopic (exact) mass is 146 g/mol. The molecule has 0 aromatic carbocycles. The third kappa shape index (κ3) is 2.98. The Bertz CT molecular complexity index is 137. The van der Waals surface area contributed by atoms with Crippen LogP contribution in [0.1, 0.15) is 12.8 Å². The van der Waals surface area contributed by atoms with E-state index in [4.69, 9.17) is 0 Å². The molecule has 0 N–H and O–H groups in total. The molecule has 0 aromatic heterocycles. The summed E-state index contributed by atoms with van der Waals surface area (Å²) in [5, 5.41) is 7.09. The molecule has 4 heteroatoms. The van der Waals surface area contributed by atoms with Crippen LogP contribution in [0.4, 0.5) is 0 Å². The second kappa shape index (κ2) is 4.21. The van der Waals surface area contributed by atoms with Gasteiger partial charge in [0.05, 0.1) is 0 Å². The van der Waals surface area contributed by atoms with Crippen molar-refractivity contribution >= 4 is 30.6 Å². The number of Topliss-reactive ketones (excluding diaryl/α,β-unsaturated/α-hetero) is 1. The molecule has 0 atom stereocenters. The summed E-state index contributed by atoms with van der Waals surface area (Å²) in [5.74, 6) is 0.176. The highest BCUT2D eigenvalue weighted by molar-refractivity contribution is 5.99. The zero-order chi connectivity index (χ0) is 5.82. The van der Waals surface area contributed by atoms with Crippen molar-refractivity contribution < 1.29 is 4.79 Å². The van der Waals surface area contributed by atoms with E-state index in [1.54, 1.807) is 0 Å². The van der Waals surface area contributed by atoms with Crippen LogP contribution in [0, 0.1) is 0 Å². The third-order valence-electron chi connectivity index (χ3n) is 0.868. The van der Waals surface area contributed by atoms with Gasteiger partial charge in [-0.25, -0.2) is 0 Å². The van der Waals surface area contributed by atoms with Gasteiger partial charge < -0.3 is 0 Å². The van der Waals surface area contributed by atoms with Crippen LogP contribution in [0.2, 0.25) is 0 Å². The summed E-state index contributed by atoms with van der Waals surface area (Å²) >= 11 is 0. The average molecular weight is 147 g/mol. The van der Waals surface area contributed by atoms with E-state index in [9.17, 15) is 4.79 Å². The lowest BCUT2D eigenvalue weighted by Gasteiger charge is -1.80. The fourth-order valence-corrected chi connectivity index (χ4v) is 0.463. The molecule has 1 rings (SSSR count). The van der Waals surface area contributed by atoms with Crippen molar-refractivity contribution in [3.8, 4) is 0 Å². The van der Waals surface area contributed by atoms with E-state index in [1.807, 2.05) is 0 Å². The normalized spacial score (nSPS) is 16.7. The SMILES string of the molecule is Cl.O=C1CC=NN=CC1. The largest absolute Gasteiger partial charge is 0.299 e. The van der Waals surface area contributed by atoms with Crippen molar-refractivity contribution in [3.63, 3.8) is 0 Å². The van der Waals surface area contributed by atoms with Gasteiger partial charge >= 0.3 is 0 Å². The van der Waals surface area contributed by atoms with Gasteiger partial charge in [0.25, 0.3) is 0 Å². The summed E-state index contributed by atoms with van der Waals surface area (Å²) in [4.78, 5) is 10.5. The van der Waals surface area contributed by atoms with Crippen LogP contribution in [-0.2, 0) is 4.79 Å². The van der Waals surface area contributed by atoms with Crippen molar-refractivity contribution in [1.29, 1.82) is 0 Å². The number of carbonyl (C=O) groups is 1. The van der Waals surface area contributed by atoms with E-state index in [-0.39, 0.29) is 18.2 Å². The molecule has 0 spiro atoms. The smallest absolute Gasteiger partial charge is 0.143 e. The molecule has 0 fully saturated rings. The molecule has 1 aliphatic heterocycles. The third-order valence-corrected chi connectivity index (χ3v) is 0.868. The highest BCUT2D eigenvalue weighted by Gasteiger charge is 1.97. The number of rotatable bonds is 0. The summed E-state index contributed by atoms with van der Waals surface area (Å²) < 4.78 is 0. The Kier molecular flexibility index (Phi) is 3.88. The van der Waals surface area contributed by atoms with Crippen molar-refractivity contribution in [2.75, 3.05) is 0 Å². The first kappa shape index (κ1) is 8.30. The van der Waals surface area contributed by atoms with Gasteiger partial charge in [0.2, 0.25) is 0 Å². The van der Waals surface area contributed by atoms with E-state index in [2.05, 4.69) is 10.2 Å². The van der Waals surface area contributed by atoms with Gasteiger partial charge in [0.15, 0.2) is 0 Å². The molecule has 0 unspecified atom stereocenters. The molecule has 0 saturated heterocycles. The first-order chi connectivity index (χ1) is 3.89. The molecule has 0 radical (unpaired) electrons. The molecule has 0 saturated carbocycles. The number of hydrogen-bond donors (Lipinski definition) is 0. The highest BCUT2D eigenvalue weighted by atomic mass is 35.5. The minimum Gasteiger partial charge on any atom is -0.299 e. The van der Waals surface area contributed by atoms with Gasteiger partial charge in [-0.05, 0) is 0 Å². The molecule has 0 aliphatic carbocycles. The predicted molar refractivity (Wildman–Crippen MR) is 38.5 cm³/mol. The molecular formula is C5H7ClN2O. The highest BCUT2D eigenvalue weighted by Crippen LogP contribution is 1.89. The van der Waals surface area contributed by atoms with Crippen LogP contribution >= 0.6 is 12.4 Å². The van der Waals surface area contributed by atoms with Gasteiger partial charge in [0, 0.05) is 25.3 Å². The van der Waals surface area contributed by atoms with Crippen molar-refractivity contribution in [3.05, 3.63) is 0 Å². The summed E-state index contributed by atoms with van der Waals surface area (Å²) in [6.45, 7) is 0. The lowest BCUT2D eigenvalue weighted by molar-refractivity contribution is -0.116. The molecule has 0 bridgehead atoms. The van der Waals surface area contributed by atoms with E-state index in [0.717, 1.165) is 0 Å². The first-order valence-corrected chi connectivity index (χ1v) is 2.44. The molecule has 1 heterocycles. The van der Waals surface area contributed by atoms with Crippen LogP contribution in [0.3, 0.4) is 0 Å². The molecule has 9 heavy (non-hydrogen) atoms. The second-order valence-electron chi connectivity index (χ2n) is 1.54. The second-order valence-corrected chi connectivity index (χ2v) is 1.54. The molecule has 1 aliphatic rings. The predicted octanol–water partition coefficient (Wildman–Crippen LogP) is 0.828. The standard InChI is InChI=1S/C5H6N2O.ClH/c8-5-1-3-6-7-4-2-5;/h3-4H,1-2H2;1H. The maximum Gasteiger partial charge on any atom is 0.143 e. The molecule has 0 amide bonds. The van der Waals surface area contributed by atoms with Crippen LogP contribution in [0.15, 0.2) is 10.2 Å². The van der Waals surface area contributed by atoms with Gasteiger partial charge in [-0.2, -0.15) is 10.2 Å². The van der Waals surface area contributed by atoms with Gasteiger partial charge in [-0.1, -0.05) is 0 Å². The number of nitrogens with zero attached hydrogens (tertiary/aromatic N) is 2. The maximum atomic E-state index is 10.5. The van der Waals surface area contributed by atoms with Crippen LogP contribution in [0.5, 0.6) is 0 Å². The maximum absolute atomic E-state index is 10.5. The van der Waals surface area contributed by atoms with Gasteiger partial charge in [-0.15, -0.1) is 12.4 Å². The molecule has 50 valence electrons. The van der Waals surface area contributed by atoms with Gasteiger partial charge in [-0.3, -0.25) is 4.79 Å². The Balaban J connectivity index is 0.000000640. The minimum absolute atomic E-state index is 0. The van der Waals surface area contributed by atoms with Crippen molar-refractivity contribution in [1.82, 2.24) is 0 Å². The summed E-state index contributed by atoms with van der Waals surface area (Å²) in [6, 6.07) is 0. The quantitative estimate of drug-likeness (QED) is 0.499. The summed E-state index contributed by atoms with van der Waals surface area (Å²) in [5.41, 5.74) is 0. The van der Waals surface area contributed by atoms with Crippen LogP contribution in [-0.4, -0.2) is 18.2 Å². The van der Waals surface area contributed by atoms with E-state index >= 15 is 0 Å². The summed E-state index contributed by atoms with van der Waals surface area (Å²) in [7, 11) is 0. The number of ketones is 1. The zero-order valence-electron chi connectivity index (χ0n) is 4.78. The average Bonchev–Trinajstić information content (AvgIpc) is 1.94. The Morgan fingerprint density at radius 1 is 1.22 bits per heavy atom. The first-order valence-electron chi connectivity index (χ1n) is 2.44. The zero-order valence-corrected chi connectivity index (χ0v) is 5.60. The summed E-state index contributed by atoms with van der Waals surface area (Å²) in [6.07, 6.45) is 3.90.